The van der Waals surface area contributed by atoms with Gasteiger partial charge in [-0.15, -0.1) is 0 Å². The molecule has 2 heterocycles. The fourth-order valence-electron chi connectivity index (χ4n) is 3.72. The van der Waals surface area contributed by atoms with E-state index in [0.29, 0.717) is 51.7 Å². The highest BCUT2D eigenvalue weighted by Gasteiger charge is 2.20. The minimum Gasteiger partial charge on any atom is -0.493 e. The maximum Gasteiger partial charge on any atom is 0.203 e. The molecule has 0 unspecified atom stereocenters. The minimum atomic E-state index is 0.489. The Morgan fingerprint density at radius 2 is 1.29 bits per heavy atom. The number of hydrogen-bond acceptors (Lipinski definition) is 9. The average Bonchev–Trinajstić information content (AvgIpc) is 3.28. The van der Waals surface area contributed by atoms with Crippen LogP contribution < -0.4 is 28.4 Å². The van der Waals surface area contributed by atoms with Crippen molar-refractivity contribution >= 4 is 17.7 Å². The van der Waals surface area contributed by atoms with Crippen LogP contribution >= 0.6 is 0 Å². The van der Waals surface area contributed by atoms with Crippen LogP contribution in [0.3, 0.4) is 0 Å². The van der Waals surface area contributed by atoms with Crippen molar-refractivity contribution in [2.45, 2.75) is 0 Å². The lowest BCUT2D eigenvalue weighted by atomic mass is 10.1. The van der Waals surface area contributed by atoms with Gasteiger partial charge in [-0.05, 0) is 36.4 Å². The number of nitrogens with zero attached hydrogens (tertiary/aromatic N) is 4. The molecule has 2 aromatic carbocycles. The number of fused-ring (bicyclic) bond motifs is 1. The van der Waals surface area contributed by atoms with E-state index in [1.54, 1.807) is 71.7 Å². The quantitative estimate of drug-likeness (QED) is 0.330. The molecule has 10 nitrogen and oxygen atoms in total. The van der Waals surface area contributed by atoms with Crippen molar-refractivity contribution in [3.63, 3.8) is 0 Å². The van der Waals surface area contributed by atoms with Crippen LogP contribution in [0, 0.1) is 0 Å². The van der Waals surface area contributed by atoms with Gasteiger partial charge in [-0.1, -0.05) is 0 Å². The molecule has 4 aromatic rings. The highest BCUT2D eigenvalue weighted by atomic mass is 16.5. The standard InChI is InChI=1S/C25H26N4O6/c1-30-17-10-15(11-18(31-2)23(17)34-5)14-26-25-22(28-21-8-7-9-27-29(21)25)16-12-19(32-3)24(35-6)20(13-16)33-4/h7-14H,1-6H3/b26-14+. The number of benzene rings is 2. The van der Waals surface area contributed by atoms with Gasteiger partial charge >= 0.3 is 0 Å². The molecule has 0 atom stereocenters. The zero-order valence-electron chi connectivity index (χ0n) is 20.4. The summed E-state index contributed by atoms with van der Waals surface area (Å²) in [6.45, 7) is 0. The van der Waals surface area contributed by atoms with E-state index >= 15 is 0 Å². The molecule has 0 aliphatic heterocycles. The molecule has 0 fully saturated rings. The number of methoxy groups -OCH3 is 6. The van der Waals surface area contributed by atoms with Gasteiger partial charge in [0.1, 0.15) is 5.69 Å². The van der Waals surface area contributed by atoms with Gasteiger partial charge in [0, 0.05) is 23.5 Å². The highest BCUT2D eigenvalue weighted by Crippen LogP contribution is 2.43. The van der Waals surface area contributed by atoms with E-state index in [-0.39, 0.29) is 0 Å². The highest BCUT2D eigenvalue weighted by molar-refractivity contribution is 5.87. The third-order valence-corrected chi connectivity index (χ3v) is 5.33. The largest absolute Gasteiger partial charge is 0.493 e. The van der Waals surface area contributed by atoms with E-state index in [4.69, 9.17) is 38.4 Å². The number of aliphatic imine (C=N–C) groups is 1. The second kappa shape index (κ2) is 10.2. The second-order valence-corrected chi connectivity index (χ2v) is 7.21. The topological polar surface area (TPSA) is 97.9 Å². The molecular weight excluding hydrogens is 452 g/mol. The molecule has 0 aliphatic rings. The lowest BCUT2D eigenvalue weighted by molar-refractivity contribution is 0.324. The Bertz CT molecular complexity index is 1330. The third kappa shape index (κ3) is 4.37. The zero-order chi connectivity index (χ0) is 24.9. The Morgan fingerprint density at radius 3 is 1.80 bits per heavy atom. The lowest BCUT2D eigenvalue weighted by Crippen LogP contribution is -1.97. The third-order valence-electron chi connectivity index (χ3n) is 5.33. The average molecular weight is 479 g/mol. The maximum absolute atomic E-state index is 5.52. The molecular formula is C25H26N4O6. The summed E-state index contributed by atoms with van der Waals surface area (Å²) in [5.41, 5.74) is 2.68. The minimum absolute atomic E-state index is 0.489. The molecule has 182 valence electrons. The second-order valence-electron chi connectivity index (χ2n) is 7.21. The predicted molar refractivity (Wildman–Crippen MR) is 131 cm³/mol. The summed E-state index contributed by atoms with van der Waals surface area (Å²) in [6, 6.07) is 10.9. The molecule has 0 spiro atoms. The lowest BCUT2D eigenvalue weighted by Gasteiger charge is -2.13. The number of imidazole rings is 1. The Labute approximate surface area is 202 Å². The van der Waals surface area contributed by atoms with Gasteiger partial charge in [-0.25, -0.2) is 9.98 Å². The molecule has 0 bridgehead atoms. The number of aromatic nitrogens is 3. The zero-order valence-corrected chi connectivity index (χ0v) is 20.4. The Kier molecular flexibility index (Phi) is 6.91. The summed E-state index contributed by atoms with van der Waals surface area (Å²) in [5, 5.41) is 4.44. The maximum atomic E-state index is 5.52. The molecule has 2 aromatic heterocycles. The monoisotopic (exact) mass is 478 g/mol. The smallest absolute Gasteiger partial charge is 0.203 e. The molecule has 0 saturated heterocycles. The summed E-state index contributed by atoms with van der Waals surface area (Å²) < 4.78 is 34.5. The first-order chi connectivity index (χ1) is 17.1. The van der Waals surface area contributed by atoms with Crippen molar-refractivity contribution in [3.05, 3.63) is 48.2 Å². The van der Waals surface area contributed by atoms with E-state index in [0.717, 1.165) is 11.1 Å². The Morgan fingerprint density at radius 1 is 0.743 bits per heavy atom. The van der Waals surface area contributed by atoms with Crippen molar-refractivity contribution in [1.82, 2.24) is 14.6 Å². The number of rotatable bonds is 9. The van der Waals surface area contributed by atoms with Crippen LogP contribution in [0.1, 0.15) is 5.56 Å². The van der Waals surface area contributed by atoms with Crippen molar-refractivity contribution in [2.75, 3.05) is 42.7 Å². The van der Waals surface area contributed by atoms with Gasteiger partial charge in [-0.3, -0.25) is 0 Å². The molecule has 35 heavy (non-hydrogen) atoms. The van der Waals surface area contributed by atoms with Gasteiger partial charge in [0.2, 0.25) is 11.5 Å². The normalized spacial score (nSPS) is 11.0. The molecule has 0 radical (unpaired) electrons. The molecule has 0 saturated carbocycles. The fourth-order valence-corrected chi connectivity index (χ4v) is 3.72. The summed E-state index contributed by atoms with van der Waals surface area (Å²) in [6.07, 6.45) is 3.36. The van der Waals surface area contributed by atoms with Crippen LogP contribution in [0.15, 0.2) is 47.6 Å². The fraction of sp³-hybridized carbons (Fsp3) is 0.240. The van der Waals surface area contributed by atoms with E-state index in [9.17, 15) is 0 Å². The van der Waals surface area contributed by atoms with Crippen LogP contribution in [0.2, 0.25) is 0 Å². The molecule has 0 amide bonds. The Balaban J connectivity index is 1.89. The first-order valence-corrected chi connectivity index (χ1v) is 10.6. The van der Waals surface area contributed by atoms with Crippen LogP contribution in [-0.2, 0) is 0 Å². The van der Waals surface area contributed by atoms with Gasteiger partial charge in [0.05, 0.1) is 42.7 Å². The van der Waals surface area contributed by atoms with Gasteiger partial charge in [0.15, 0.2) is 34.5 Å². The molecule has 10 heteroatoms. The summed E-state index contributed by atoms with van der Waals surface area (Å²) in [4.78, 5) is 9.51. The van der Waals surface area contributed by atoms with Crippen molar-refractivity contribution in [2.24, 2.45) is 4.99 Å². The summed E-state index contributed by atoms with van der Waals surface area (Å²) in [7, 11) is 9.37. The van der Waals surface area contributed by atoms with E-state index in [1.807, 2.05) is 24.3 Å². The van der Waals surface area contributed by atoms with E-state index < -0.39 is 0 Å². The SMILES string of the molecule is COc1cc(/C=N/c2c(-c3cc(OC)c(OC)c(OC)c3)nc3cccnn23)cc(OC)c1OC. The van der Waals surface area contributed by atoms with Crippen molar-refractivity contribution in [3.8, 4) is 45.8 Å². The summed E-state index contributed by atoms with van der Waals surface area (Å²) >= 11 is 0. The Hall–Kier alpha value is -4.47. The van der Waals surface area contributed by atoms with Crippen molar-refractivity contribution in [1.29, 1.82) is 0 Å². The van der Waals surface area contributed by atoms with Crippen molar-refractivity contribution < 1.29 is 28.4 Å². The van der Waals surface area contributed by atoms with E-state index in [2.05, 4.69) is 5.10 Å². The number of ether oxygens (including phenoxy) is 6. The van der Waals surface area contributed by atoms with E-state index in [1.165, 1.54) is 0 Å². The van der Waals surface area contributed by atoms with Gasteiger partial charge in [0.25, 0.3) is 0 Å². The van der Waals surface area contributed by atoms with Crippen LogP contribution in [-0.4, -0.2) is 63.5 Å². The van der Waals surface area contributed by atoms with Crippen LogP contribution in [0.25, 0.3) is 16.9 Å². The summed E-state index contributed by atoms with van der Waals surface area (Å²) in [5.74, 6) is 3.56. The van der Waals surface area contributed by atoms with Crippen LogP contribution in [0.5, 0.6) is 34.5 Å². The molecule has 0 N–H and O–H groups in total. The van der Waals surface area contributed by atoms with Crippen LogP contribution in [0.4, 0.5) is 5.82 Å². The number of hydrogen-bond donors (Lipinski definition) is 0. The molecule has 4 rings (SSSR count). The molecule has 0 aliphatic carbocycles. The first-order valence-electron chi connectivity index (χ1n) is 10.6. The van der Waals surface area contributed by atoms with Gasteiger partial charge < -0.3 is 28.4 Å². The first kappa shape index (κ1) is 23.7. The predicted octanol–water partition coefficient (Wildman–Crippen LogP) is 4.20. The van der Waals surface area contributed by atoms with Gasteiger partial charge in [-0.2, -0.15) is 9.61 Å².